The van der Waals surface area contributed by atoms with Gasteiger partial charge < -0.3 is 0 Å². The largest absolute Gasteiger partial charge is 0.291 e. The first-order valence-corrected chi connectivity index (χ1v) is 5.28. The highest BCUT2D eigenvalue weighted by molar-refractivity contribution is 7.79. The average Bonchev–Trinajstić information content (AvgIpc) is 2.52. The Balaban J connectivity index is 2.84. The molecule has 0 saturated heterocycles. The number of fused-ring (bicyclic) bond motifs is 1. The number of aromatic nitrogens is 2. The van der Waals surface area contributed by atoms with Crippen LogP contribution in [0.2, 0.25) is 0 Å². The molecule has 2 rings (SSSR count). The lowest BCUT2D eigenvalue weighted by Gasteiger charge is -1.96. The first kappa shape index (κ1) is 8.13. The Bertz CT molecular complexity index is 414. The molecule has 0 amide bonds. The molecule has 0 bridgehead atoms. The van der Waals surface area contributed by atoms with Gasteiger partial charge in [-0.15, -0.1) is 11.3 Å². The molecule has 0 aliphatic rings. The fraction of sp³-hybridized carbons (Fsp3) is 0.375. The predicted molar refractivity (Wildman–Crippen MR) is 55.2 cm³/mol. The number of rotatable bonds is 1. The molecule has 64 valence electrons. The Hall–Kier alpha value is -0.480. The molecule has 0 aliphatic heterocycles. The Labute approximate surface area is 80.7 Å². The molecule has 12 heavy (non-hydrogen) atoms. The van der Waals surface area contributed by atoms with Crippen molar-refractivity contribution in [3.63, 3.8) is 0 Å². The van der Waals surface area contributed by atoms with E-state index >= 15 is 0 Å². The van der Waals surface area contributed by atoms with Gasteiger partial charge in [-0.05, 0) is 13.8 Å². The number of aryl methyl sites for hydroxylation is 2. The van der Waals surface area contributed by atoms with E-state index in [1.807, 2.05) is 6.92 Å². The Morgan fingerprint density at radius 3 is 3.00 bits per heavy atom. The van der Waals surface area contributed by atoms with Gasteiger partial charge in [0.05, 0.1) is 11.4 Å². The van der Waals surface area contributed by atoms with E-state index in [0.717, 1.165) is 16.4 Å². The molecule has 2 aromatic heterocycles. The van der Waals surface area contributed by atoms with E-state index in [1.165, 1.54) is 11.4 Å². The maximum absolute atomic E-state index is 4.44. The lowest BCUT2D eigenvalue weighted by atomic mass is 10.4. The summed E-state index contributed by atoms with van der Waals surface area (Å²) in [5.74, 6) is 0.755. The lowest BCUT2D eigenvalue weighted by molar-refractivity contribution is 1.04. The van der Waals surface area contributed by atoms with Gasteiger partial charge in [-0.1, -0.05) is 0 Å². The summed E-state index contributed by atoms with van der Waals surface area (Å²) in [6.45, 7) is 4.13. The second-order valence-electron chi connectivity index (χ2n) is 2.80. The molecule has 0 radical (unpaired) electrons. The highest BCUT2D eigenvalue weighted by atomic mass is 32.1. The zero-order valence-corrected chi connectivity index (χ0v) is 8.75. The SMILES string of the molecule is Cc1nc2scc(C)n2c1CS. The summed E-state index contributed by atoms with van der Waals surface area (Å²) in [6.07, 6.45) is 0. The van der Waals surface area contributed by atoms with Gasteiger partial charge in [0.2, 0.25) is 0 Å². The van der Waals surface area contributed by atoms with Crippen LogP contribution in [0, 0.1) is 13.8 Å². The van der Waals surface area contributed by atoms with Gasteiger partial charge in [-0.2, -0.15) is 12.6 Å². The van der Waals surface area contributed by atoms with E-state index in [1.54, 1.807) is 11.3 Å². The quantitative estimate of drug-likeness (QED) is 0.697. The van der Waals surface area contributed by atoms with Gasteiger partial charge >= 0.3 is 0 Å². The van der Waals surface area contributed by atoms with Crippen LogP contribution in [0.5, 0.6) is 0 Å². The van der Waals surface area contributed by atoms with Crippen molar-refractivity contribution in [2.45, 2.75) is 19.6 Å². The molecule has 0 N–H and O–H groups in total. The normalized spacial score (nSPS) is 11.2. The van der Waals surface area contributed by atoms with Gasteiger partial charge in [0, 0.05) is 16.8 Å². The van der Waals surface area contributed by atoms with Gasteiger partial charge in [0.15, 0.2) is 4.96 Å². The van der Waals surface area contributed by atoms with Crippen LogP contribution in [0.25, 0.3) is 4.96 Å². The van der Waals surface area contributed by atoms with Crippen LogP contribution in [0.1, 0.15) is 17.1 Å². The summed E-state index contributed by atoms with van der Waals surface area (Å²) in [5.41, 5.74) is 3.56. The van der Waals surface area contributed by atoms with Gasteiger partial charge in [0.25, 0.3) is 0 Å². The van der Waals surface area contributed by atoms with Crippen LogP contribution in [0.4, 0.5) is 0 Å². The second kappa shape index (κ2) is 2.78. The third-order valence-corrected chi connectivity index (χ3v) is 3.22. The summed E-state index contributed by atoms with van der Waals surface area (Å²) in [7, 11) is 0. The third-order valence-electron chi connectivity index (χ3n) is 1.98. The van der Waals surface area contributed by atoms with Crippen LogP contribution in [-0.2, 0) is 5.75 Å². The van der Waals surface area contributed by atoms with Gasteiger partial charge in [-0.3, -0.25) is 4.40 Å². The van der Waals surface area contributed by atoms with E-state index < -0.39 is 0 Å². The molecule has 0 atom stereocenters. The van der Waals surface area contributed by atoms with Crippen LogP contribution in [0.3, 0.4) is 0 Å². The predicted octanol–water partition coefficient (Wildman–Crippen LogP) is 2.44. The zero-order valence-electron chi connectivity index (χ0n) is 7.03. The molecule has 2 aromatic rings. The minimum absolute atomic E-state index is 0.755. The number of hydrogen-bond acceptors (Lipinski definition) is 3. The summed E-state index contributed by atoms with van der Waals surface area (Å²) < 4.78 is 2.17. The van der Waals surface area contributed by atoms with Crippen LogP contribution >= 0.6 is 24.0 Å². The molecule has 0 aromatic carbocycles. The number of thiazole rings is 1. The van der Waals surface area contributed by atoms with E-state index in [9.17, 15) is 0 Å². The molecule has 0 spiro atoms. The third kappa shape index (κ3) is 0.983. The lowest BCUT2D eigenvalue weighted by Crippen LogP contribution is -1.90. The highest BCUT2D eigenvalue weighted by Gasteiger charge is 2.09. The maximum atomic E-state index is 4.44. The maximum Gasteiger partial charge on any atom is 0.194 e. The van der Waals surface area contributed by atoms with Crippen molar-refractivity contribution in [3.05, 3.63) is 22.5 Å². The van der Waals surface area contributed by atoms with Crippen LogP contribution < -0.4 is 0 Å². The molecule has 2 heterocycles. The summed E-state index contributed by atoms with van der Waals surface area (Å²) >= 11 is 5.97. The number of thiol groups is 1. The summed E-state index contributed by atoms with van der Waals surface area (Å²) in [6, 6.07) is 0. The molecule has 0 unspecified atom stereocenters. The van der Waals surface area contributed by atoms with E-state index in [2.05, 4.69) is 34.3 Å². The Morgan fingerprint density at radius 1 is 1.58 bits per heavy atom. The van der Waals surface area contributed by atoms with Gasteiger partial charge in [-0.25, -0.2) is 4.98 Å². The van der Waals surface area contributed by atoms with Crippen molar-refractivity contribution < 1.29 is 0 Å². The molecule has 0 aliphatic carbocycles. The monoisotopic (exact) mass is 198 g/mol. The molecule has 0 saturated carbocycles. The molecule has 2 nitrogen and oxygen atoms in total. The number of nitrogens with zero attached hydrogens (tertiary/aromatic N) is 2. The first-order valence-electron chi connectivity index (χ1n) is 3.77. The highest BCUT2D eigenvalue weighted by Crippen LogP contribution is 2.21. The average molecular weight is 198 g/mol. The topological polar surface area (TPSA) is 17.3 Å². The number of imidazole rings is 1. The van der Waals surface area contributed by atoms with Crippen LogP contribution in [0.15, 0.2) is 5.38 Å². The first-order chi connectivity index (χ1) is 5.74. The Kier molecular flexibility index (Phi) is 1.88. The minimum Gasteiger partial charge on any atom is -0.291 e. The fourth-order valence-electron chi connectivity index (χ4n) is 1.35. The van der Waals surface area contributed by atoms with Crippen molar-refractivity contribution in [1.29, 1.82) is 0 Å². The summed E-state index contributed by atoms with van der Waals surface area (Å²) in [5, 5.41) is 2.12. The van der Waals surface area contributed by atoms with Crippen molar-refractivity contribution in [3.8, 4) is 0 Å². The minimum atomic E-state index is 0.755. The van der Waals surface area contributed by atoms with Crippen molar-refractivity contribution in [2.24, 2.45) is 0 Å². The van der Waals surface area contributed by atoms with E-state index in [0.29, 0.717) is 0 Å². The van der Waals surface area contributed by atoms with Crippen molar-refractivity contribution >= 4 is 28.9 Å². The molecule has 4 heteroatoms. The van der Waals surface area contributed by atoms with Crippen molar-refractivity contribution in [1.82, 2.24) is 9.38 Å². The standard InChI is InChI=1S/C8H10N2S2/c1-5-4-12-8-9-6(2)7(3-11)10(5)8/h4,11H,3H2,1-2H3. The van der Waals surface area contributed by atoms with Crippen molar-refractivity contribution in [2.75, 3.05) is 0 Å². The van der Waals surface area contributed by atoms with E-state index in [4.69, 9.17) is 0 Å². The van der Waals surface area contributed by atoms with Crippen LogP contribution in [-0.4, -0.2) is 9.38 Å². The fourth-order valence-corrected chi connectivity index (χ4v) is 2.65. The Morgan fingerprint density at radius 2 is 2.33 bits per heavy atom. The van der Waals surface area contributed by atoms with Gasteiger partial charge in [0.1, 0.15) is 0 Å². The number of hydrogen-bond donors (Lipinski definition) is 1. The zero-order chi connectivity index (χ0) is 8.72. The molecular weight excluding hydrogens is 188 g/mol. The summed E-state index contributed by atoms with van der Waals surface area (Å²) in [4.78, 5) is 5.52. The second-order valence-corrected chi connectivity index (χ2v) is 3.95. The molecule has 0 fully saturated rings. The molecular formula is C8H10N2S2. The smallest absolute Gasteiger partial charge is 0.194 e. The van der Waals surface area contributed by atoms with E-state index in [-0.39, 0.29) is 0 Å².